The summed E-state index contributed by atoms with van der Waals surface area (Å²) in [6, 6.07) is 14.8. The molecular weight excluding hydrogens is 505 g/mol. The number of rotatable bonds is 15. The van der Waals surface area contributed by atoms with Crippen LogP contribution in [0.1, 0.15) is 66.5 Å². The molecule has 0 spiro atoms. The summed E-state index contributed by atoms with van der Waals surface area (Å²) in [5, 5.41) is 0. The van der Waals surface area contributed by atoms with Crippen molar-refractivity contribution in [3.8, 4) is 11.5 Å². The highest BCUT2D eigenvalue weighted by atomic mass is 31.2. The molecule has 0 amide bonds. The number of hydrazine groups is 2. The van der Waals surface area contributed by atoms with Gasteiger partial charge in [-0.05, 0) is 63.1 Å². The van der Waals surface area contributed by atoms with Crippen molar-refractivity contribution < 1.29 is 28.1 Å². The van der Waals surface area contributed by atoms with E-state index < -0.39 is 8.53 Å². The van der Waals surface area contributed by atoms with Crippen molar-refractivity contribution in [3.63, 3.8) is 0 Å². The lowest BCUT2D eigenvalue weighted by molar-refractivity contribution is -0.138. The Morgan fingerprint density at radius 3 is 1.29 bits per heavy atom. The molecule has 0 saturated heterocycles. The molecule has 210 valence electrons. The minimum Gasteiger partial charge on any atom is -0.426 e. The zero-order valence-electron chi connectivity index (χ0n) is 23.7. The number of nitrogens with zero attached hydrogens (tertiary/aromatic N) is 1. The second kappa shape index (κ2) is 15.9. The van der Waals surface area contributed by atoms with Crippen LogP contribution >= 0.6 is 8.53 Å². The van der Waals surface area contributed by atoms with Crippen LogP contribution < -0.4 is 20.3 Å². The Hall–Kier alpha value is -2.39. The normalized spacial score (nSPS) is 11.8. The predicted molar refractivity (Wildman–Crippen MR) is 149 cm³/mol. The lowest BCUT2D eigenvalue weighted by Crippen LogP contribution is -2.50. The first-order valence-electron chi connectivity index (χ1n) is 12.9. The van der Waals surface area contributed by atoms with Crippen molar-refractivity contribution in [2.75, 3.05) is 0 Å². The maximum atomic E-state index is 11.8. The molecule has 0 aliphatic rings. The van der Waals surface area contributed by atoms with Gasteiger partial charge in [-0.2, -0.15) is 0 Å². The molecule has 0 saturated carbocycles. The minimum absolute atomic E-state index is 0.142. The van der Waals surface area contributed by atoms with Gasteiger partial charge in [-0.1, -0.05) is 52.0 Å². The fourth-order valence-corrected chi connectivity index (χ4v) is 4.28. The van der Waals surface area contributed by atoms with Crippen LogP contribution in [0.5, 0.6) is 11.5 Å². The van der Waals surface area contributed by atoms with Crippen molar-refractivity contribution in [3.05, 3.63) is 59.7 Å². The first kappa shape index (κ1) is 31.8. The van der Waals surface area contributed by atoms with Gasteiger partial charge >= 0.3 is 11.9 Å². The van der Waals surface area contributed by atoms with Gasteiger partial charge in [0.25, 0.3) is 8.53 Å². The van der Waals surface area contributed by atoms with E-state index in [2.05, 4.69) is 10.9 Å². The monoisotopic (exact) mass is 547 g/mol. The number of ether oxygens (including phenoxy) is 2. The number of hydrogen-bond acceptors (Lipinski definition) is 9. The van der Waals surface area contributed by atoms with Crippen molar-refractivity contribution >= 4 is 20.5 Å². The van der Waals surface area contributed by atoms with Gasteiger partial charge in [0.05, 0.1) is 25.0 Å². The van der Waals surface area contributed by atoms with Crippen LogP contribution in [0, 0.1) is 11.8 Å². The minimum atomic E-state index is -1.56. The third-order valence-corrected chi connectivity index (χ3v) is 6.09. The summed E-state index contributed by atoms with van der Waals surface area (Å²) in [6.45, 7) is 15.9. The predicted octanol–water partition coefficient (Wildman–Crippen LogP) is 5.90. The van der Waals surface area contributed by atoms with Gasteiger partial charge in [-0.25, -0.2) is 10.9 Å². The second-order valence-electron chi connectivity index (χ2n) is 10.1. The molecule has 2 N–H and O–H groups in total. The first-order chi connectivity index (χ1) is 17.9. The van der Waals surface area contributed by atoms with E-state index in [-0.39, 0.29) is 35.9 Å². The summed E-state index contributed by atoms with van der Waals surface area (Å²) in [5.74, 6) is 0.0614. The molecular formula is C28H42N3O6P. The summed E-state index contributed by atoms with van der Waals surface area (Å²) < 4.78 is 23.2. The number of carbonyl (C=O) groups is 2. The van der Waals surface area contributed by atoms with Crippen molar-refractivity contribution in [1.82, 2.24) is 15.7 Å². The first-order valence-corrected chi connectivity index (χ1v) is 14.1. The molecule has 10 heteroatoms. The van der Waals surface area contributed by atoms with Gasteiger partial charge in [0.2, 0.25) is 0 Å². The summed E-state index contributed by atoms with van der Waals surface area (Å²) in [6.07, 6.45) is 0. The summed E-state index contributed by atoms with van der Waals surface area (Å²) in [7, 11) is -1.56. The Labute approximate surface area is 228 Å². The van der Waals surface area contributed by atoms with Crippen molar-refractivity contribution in [1.29, 1.82) is 0 Å². The zero-order valence-corrected chi connectivity index (χ0v) is 24.6. The molecule has 0 aliphatic carbocycles. The quantitative estimate of drug-likeness (QED) is 0.122. The number of carbonyl (C=O) groups excluding carboxylic acids is 2. The molecule has 0 heterocycles. The SMILES string of the molecule is CC(C)NN(NC(C)C)P(OCc1ccc(OC(=O)C(C)C)cc1)OCc1ccc(OC(=O)C(C)C)cc1. The lowest BCUT2D eigenvalue weighted by atomic mass is 10.2. The molecule has 9 nitrogen and oxygen atoms in total. The van der Waals surface area contributed by atoms with Gasteiger partial charge in [-0.15, -0.1) is 4.89 Å². The standard InChI is InChI=1S/C28H42N3O6P/c1-19(2)27(32)36-25-13-9-23(10-14-25)17-34-38(31(29-21(5)6)30-22(7)8)35-18-24-11-15-26(16-12-24)37-28(33)20(3)4/h9-16,19-22,29-30H,17-18H2,1-8H3. The Bertz CT molecular complexity index is 917. The van der Waals surface area contributed by atoms with E-state index >= 15 is 0 Å². The van der Waals surface area contributed by atoms with E-state index in [0.29, 0.717) is 24.7 Å². The van der Waals surface area contributed by atoms with Crippen molar-refractivity contribution in [2.45, 2.75) is 80.7 Å². The Morgan fingerprint density at radius 2 is 1.00 bits per heavy atom. The summed E-state index contributed by atoms with van der Waals surface area (Å²) >= 11 is 0. The summed E-state index contributed by atoms with van der Waals surface area (Å²) in [4.78, 5) is 25.5. The third-order valence-electron chi connectivity index (χ3n) is 4.83. The molecule has 2 aromatic rings. The van der Waals surface area contributed by atoms with Crippen LogP contribution in [0.15, 0.2) is 48.5 Å². The van der Waals surface area contributed by atoms with Gasteiger partial charge in [0, 0.05) is 12.1 Å². The number of nitrogens with one attached hydrogen (secondary N) is 2. The lowest BCUT2D eigenvalue weighted by Gasteiger charge is -2.33. The Balaban J connectivity index is 2.08. The fraction of sp³-hybridized carbons (Fsp3) is 0.500. The highest BCUT2D eigenvalue weighted by molar-refractivity contribution is 7.44. The van der Waals surface area contributed by atoms with Crippen LogP contribution in [-0.4, -0.2) is 28.9 Å². The number of benzene rings is 2. The molecule has 0 atom stereocenters. The highest BCUT2D eigenvalue weighted by Crippen LogP contribution is 2.42. The van der Waals surface area contributed by atoms with E-state index in [1.807, 2.05) is 52.0 Å². The maximum absolute atomic E-state index is 11.8. The smallest absolute Gasteiger partial charge is 0.313 e. The summed E-state index contributed by atoms with van der Waals surface area (Å²) in [5.41, 5.74) is 8.53. The molecule has 38 heavy (non-hydrogen) atoms. The fourth-order valence-electron chi connectivity index (χ4n) is 2.81. The van der Waals surface area contributed by atoms with Crippen LogP contribution in [0.4, 0.5) is 0 Å². The molecule has 0 aromatic heterocycles. The molecule has 0 aliphatic heterocycles. The molecule has 0 bridgehead atoms. The van der Waals surface area contributed by atoms with E-state index in [0.717, 1.165) is 11.1 Å². The topological polar surface area (TPSA) is 98.4 Å². The molecule has 0 fully saturated rings. The Kier molecular flexibility index (Phi) is 13.3. The van der Waals surface area contributed by atoms with Gasteiger partial charge in [0.15, 0.2) is 0 Å². The van der Waals surface area contributed by atoms with Crippen LogP contribution in [0.3, 0.4) is 0 Å². The molecule has 2 rings (SSSR count). The second-order valence-corrected chi connectivity index (χ2v) is 11.5. The average molecular weight is 548 g/mol. The molecule has 2 aromatic carbocycles. The van der Waals surface area contributed by atoms with Crippen LogP contribution in [0.25, 0.3) is 0 Å². The van der Waals surface area contributed by atoms with E-state index in [1.165, 1.54) is 0 Å². The van der Waals surface area contributed by atoms with E-state index in [4.69, 9.17) is 18.5 Å². The molecule has 0 radical (unpaired) electrons. The van der Waals surface area contributed by atoms with Gasteiger partial charge in [0.1, 0.15) is 11.5 Å². The average Bonchev–Trinajstić information content (AvgIpc) is 2.84. The zero-order chi connectivity index (χ0) is 28.2. The van der Waals surface area contributed by atoms with E-state index in [9.17, 15) is 9.59 Å². The van der Waals surface area contributed by atoms with Crippen molar-refractivity contribution in [2.24, 2.45) is 11.8 Å². The highest BCUT2D eigenvalue weighted by Gasteiger charge is 2.24. The maximum Gasteiger partial charge on any atom is 0.313 e. The Morgan fingerprint density at radius 1 is 0.658 bits per heavy atom. The number of hydrogen-bond donors (Lipinski definition) is 2. The van der Waals surface area contributed by atoms with Gasteiger partial charge < -0.3 is 18.5 Å². The van der Waals surface area contributed by atoms with Crippen LogP contribution in [0.2, 0.25) is 0 Å². The van der Waals surface area contributed by atoms with Crippen LogP contribution in [-0.2, 0) is 31.9 Å². The largest absolute Gasteiger partial charge is 0.426 e. The molecule has 0 unspecified atom stereocenters. The van der Waals surface area contributed by atoms with E-state index in [1.54, 1.807) is 56.8 Å². The number of esters is 2. The third kappa shape index (κ3) is 11.6. The van der Waals surface area contributed by atoms with Gasteiger partial charge in [-0.3, -0.25) is 9.59 Å².